The molecule has 0 aromatic carbocycles. The number of ether oxygens (including phenoxy) is 1. The van der Waals surface area contributed by atoms with E-state index < -0.39 is 0 Å². The molecule has 1 amide bonds. The third kappa shape index (κ3) is 3.69. The van der Waals surface area contributed by atoms with Crippen molar-refractivity contribution < 1.29 is 14.7 Å². The molecule has 0 radical (unpaired) electrons. The third-order valence-electron chi connectivity index (χ3n) is 2.64. The highest BCUT2D eigenvalue weighted by atomic mass is 16.5. The van der Waals surface area contributed by atoms with Gasteiger partial charge >= 0.3 is 0 Å². The van der Waals surface area contributed by atoms with E-state index >= 15 is 0 Å². The van der Waals surface area contributed by atoms with E-state index in [1.54, 1.807) is 4.90 Å². The highest BCUT2D eigenvalue weighted by Crippen LogP contribution is 2.16. The van der Waals surface area contributed by atoms with Crippen LogP contribution in [-0.2, 0) is 9.53 Å². The summed E-state index contributed by atoms with van der Waals surface area (Å²) in [4.78, 5) is 13.4. The van der Waals surface area contributed by atoms with Gasteiger partial charge in [0, 0.05) is 13.2 Å². The van der Waals surface area contributed by atoms with Crippen LogP contribution in [0.4, 0.5) is 0 Å². The van der Waals surface area contributed by atoms with Gasteiger partial charge in [0.2, 0.25) is 5.91 Å². The molecule has 6 heteroatoms. The maximum absolute atomic E-state index is 11.8. The van der Waals surface area contributed by atoms with Crippen LogP contribution >= 0.6 is 0 Å². The van der Waals surface area contributed by atoms with Gasteiger partial charge < -0.3 is 20.6 Å². The zero-order valence-electron chi connectivity index (χ0n) is 9.56. The lowest BCUT2D eigenvalue weighted by atomic mass is 10.1. The number of rotatable bonds is 5. The van der Waals surface area contributed by atoms with E-state index in [9.17, 15) is 4.79 Å². The zero-order chi connectivity index (χ0) is 12.0. The third-order valence-corrected chi connectivity index (χ3v) is 2.64. The SMILES string of the molecule is CCN(CC(N)=NO)C(=O)CC1CCCO1. The van der Waals surface area contributed by atoms with Crippen molar-refractivity contribution in [2.75, 3.05) is 19.7 Å². The number of nitrogens with zero attached hydrogens (tertiary/aromatic N) is 2. The van der Waals surface area contributed by atoms with E-state index in [2.05, 4.69) is 5.16 Å². The number of carbonyl (C=O) groups excluding carboxylic acids is 1. The summed E-state index contributed by atoms with van der Waals surface area (Å²) >= 11 is 0. The smallest absolute Gasteiger partial charge is 0.225 e. The minimum Gasteiger partial charge on any atom is -0.409 e. The van der Waals surface area contributed by atoms with E-state index in [4.69, 9.17) is 15.7 Å². The van der Waals surface area contributed by atoms with Crippen LogP contribution in [0.2, 0.25) is 0 Å². The number of likely N-dealkylation sites (N-methyl/N-ethyl adjacent to an activating group) is 1. The zero-order valence-corrected chi connectivity index (χ0v) is 9.56. The molecule has 0 saturated carbocycles. The van der Waals surface area contributed by atoms with Crippen molar-refractivity contribution >= 4 is 11.7 Å². The van der Waals surface area contributed by atoms with Gasteiger partial charge in [-0.05, 0) is 19.8 Å². The molecule has 0 spiro atoms. The van der Waals surface area contributed by atoms with Gasteiger partial charge in [-0.25, -0.2) is 0 Å². The van der Waals surface area contributed by atoms with Gasteiger partial charge in [0.1, 0.15) is 0 Å². The van der Waals surface area contributed by atoms with Crippen molar-refractivity contribution in [3.8, 4) is 0 Å². The van der Waals surface area contributed by atoms with Crippen LogP contribution in [0.15, 0.2) is 5.16 Å². The number of hydrogen-bond donors (Lipinski definition) is 2. The largest absolute Gasteiger partial charge is 0.409 e. The van der Waals surface area contributed by atoms with Crippen LogP contribution in [0.5, 0.6) is 0 Å². The van der Waals surface area contributed by atoms with Crippen LogP contribution in [0.1, 0.15) is 26.2 Å². The van der Waals surface area contributed by atoms with Gasteiger partial charge in [-0.3, -0.25) is 4.79 Å². The van der Waals surface area contributed by atoms with Crippen LogP contribution < -0.4 is 5.73 Å². The highest BCUT2D eigenvalue weighted by molar-refractivity contribution is 5.87. The summed E-state index contributed by atoms with van der Waals surface area (Å²) in [5.41, 5.74) is 5.37. The van der Waals surface area contributed by atoms with Crippen molar-refractivity contribution in [3.05, 3.63) is 0 Å². The first-order valence-corrected chi connectivity index (χ1v) is 5.53. The number of hydrogen-bond acceptors (Lipinski definition) is 4. The molecule has 16 heavy (non-hydrogen) atoms. The molecule has 0 aliphatic carbocycles. The maximum Gasteiger partial charge on any atom is 0.225 e. The van der Waals surface area contributed by atoms with Gasteiger partial charge in [-0.1, -0.05) is 5.16 Å². The topological polar surface area (TPSA) is 88.1 Å². The molecule has 92 valence electrons. The fourth-order valence-electron chi connectivity index (χ4n) is 1.73. The molecule has 0 bridgehead atoms. The second-order valence-electron chi connectivity index (χ2n) is 3.84. The van der Waals surface area contributed by atoms with Gasteiger partial charge in [-0.15, -0.1) is 0 Å². The van der Waals surface area contributed by atoms with E-state index in [0.29, 0.717) is 13.0 Å². The predicted molar refractivity (Wildman–Crippen MR) is 59.3 cm³/mol. The molecule has 1 fully saturated rings. The quantitative estimate of drug-likeness (QED) is 0.304. The fraction of sp³-hybridized carbons (Fsp3) is 0.800. The first-order chi connectivity index (χ1) is 7.67. The number of oxime groups is 1. The predicted octanol–water partition coefficient (Wildman–Crippen LogP) is 0.150. The van der Waals surface area contributed by atoms with Crippen molar-refractivity contribution in [2.24, 2.45) is 10.9 Å². The maximum atomic E-state index is 11.8. The summed E-state index contributed by atoms with van der Waals surface area (Å²) in [6, 6.07) is 0. The standard InChI is InChI=1S/C10H19N3O3/c1-2-13(7-9(11)12-15)10(14)6-8-4-3-5-16-8/h8,15H,2-7H2,1H3,(H2,11,12). The molecule has 1 aliphatic heterocycles. The van der Waals surface area contributed by atoms with Crippen molar-refractivity contribution in [3.63, 3.8) is 0 Å². The monoisotopic (exact) mass is 229 g/mol. The molecule has 1 rings (SSSR count). The Morgan fingerprint density at radius 3 is 2.94 bits per heavy atom. The second kappa shape index (κ2) is 6.32. The summed E-state index contributed by atoms with van der Waals surface area (Å²) in [6.07, 6.45) is 2.37. The summed E-state index contributed by atoms with van der Waals surface area (Å²) in [7, 11) is 0. The molecule has 1 aliphatic rings. The molecule has 1 atom stereocenters. The number of amidine groups is 1. The number of nitrogens with two attached hydrogens (primary N) is 1. The lowest BCUT2D eigenvalue weighted by Gasteiger charge is -2.21. The average molecular weight is 229 g/mol. The molecule has 1 heterocycles. The van der Waals surface area contributed by atoms with E-state index in [1.807, 2.05) is 6.92 Å². The van der Waals surface area contributed by atoms with Gasteiger partial charge in [0.05, 0.1) is 19.1 Å². The van der Waals surface area contributed by atoms with Gasteiger partial charge in [0.25, 0.3) is 0 Å². The fourth-order valence-corrected chi connectivity index (χ4v) is 1.73. The minimum atomic E-state index is -0.0130. The van der Waals surface area contributed by atoms with E-state index in [-0.39, 0.29) is 24.4 Å². The van der Waals surface area contributed by atoms with Crippen LogP contribution in [0.25, 0.3) is 0 Å². The van der Waals surface area contributed by atoms with Crippen molar-refractivity contribution in [2.45, 2.75) is 32.3 Å². The summed E-state index contributed by atoms with van der Waals surface area (Å²) in [6.45, 7) is 3.31. The van der Waals surface area contributed by atoms with Crippen LogP contribution in [-0.4, -0.2) is 47.7 Å². The Kier molecular flexibility index (Phi) is 5.04. The highest BCUT2D eigenvalue weighted by Gasteiger charge is 2.22. The van der Waals surface area contributed by atoms with E-state index in [1.165, 1.54) is 0 Å². The van der Waals surface area contributed by atoms with Gasteiger partial charge in [-0.2, -0.15) is 0 Å². The first kappa shape index (κ1) is 12.8. The lowest BCUT2D eigenvalue weighted by Crippen LogP contribution is -2.39. The van der Waals surface area contributed by atoms with Crippen LogP contribution in [0, 0.1) is 0 Å². The molecule has 0 aromatic heterocycles. The van der Waals surface area contributed by atoms with Gasteiger partial charge in [0.15, 0.2) is 5.84 Å². The Bertz CT molecular complexity index is 262. The van der Waals surface area contributed by atoms with E-state index in [0.717, 1.165) is 19.4 Å². The summed E-state index contributed by atoms with van der Waals surface area (Å²) < 4.78 is 5.39. The minimum absolute atomic E-state index is 0.0130. The number of amides is 1. The molecule has 1 saturated heterocycles. The lowest BCUT2D eigenvalue weighted by molar-refractivity contribution is -0.132. The molecule has 0 aromatic rings. The summed E-state index contributed by atoms with van der Waals surface area (Å²) in [5, 5.41) is 11.3. The summed E-state index contributed by atoms with van der Waals surface area (Å²) in [5.74, 6) is 0.0311. The molecule has 1 unspecified atom stereocenters. The molecule has 3 N–H and O–H groups in total. The first-order valence-electron chi connectivity index (χ1n) is 5.53. The van der Waals surface area contributed by atoms with Crippen molar-refractivity contribution in [1.29, 1.82) is 0 Å². The Labute approximate surface area is 95.0 Å². The van der Waals surface area contributed by atoms with Crippen molar-refractivity contribution in [1.82, 2.24) is 4.90 Å². The average Bonchev–Trinajstić information content (AvgIpc) is 2.77. The molecular weight excluding hydrogens is 210 g/mol. The molecule has 6 nitrogen and oxygen atoms in total. The molecular formula is C10H19N3O3. The second-order valence-corrected chi connectivity index (χ2v) is 3.84. The Balaban J connectivity index is 2.42. The van der Waals surface area contributed by atoms with Crippen LogP contribution in [0.3, 0.4) is 0 Å². The Morgan fingerprint density at radius 2 is 2.44 bits per heavy atom. The number of carbonyl (C=O) groups is 1. The normalized spacial score (nSPS) is 21.1. The Hall–Kier alpha value is -1.30. The Morgan fingerprint density at radius 1 is 1.69 bits per heavy atom.